The fourth-order valence-electron chi connectivity index (χ4n) is 4.01. The van der Waals surface area contributed by atoms with Crippen molar-refractivity contribution in [2.24, 2.45) is 5.73 Å². The first-order valence-electron chi connectivity index (χ1n) is 11.4. The number of aliphatic carboxylic acids is 1. The van der Waals surface area contributed by atoms with Crippen molar-refractivity contribution in [2.45, 2.75) is 88.9 Å². The summed E-state index contributed by atoms with van der Waals surface area (Å²) in [6.07, 6.45) is -6.64. The van der Waals surface area contributed by atoms with E-state index in [4.69, 9.17) is 20.3 Å². The molecule has 0 bridgehead atoms. The molecule has 2 unspecified atom stereocenters. The Morgan fingerprint density at radius 1 is 1.23 bits per heavy atom. The zero-order valence-electron chi connectivity index (χ0n) is 20.4. The van der Waals surface area contributed by atoms with E-state index in [1.54, 1.807) is 14.0 Å². The molecule has 0 saturated carbocycles. The zero-order chi connectivity index (χ0) is 26.9. The van der Waals surface area contributed by atoms with Crippen molar-refractivity contribution in [1.82, 2.24) is 15.5 Å². The standard InChI is InChI=1S/C21H38N4O10/c1-5-12(23-4)20(32)25(13(19(22)31)6-7-15(28)29)8-10(2)34-18-16(24-11(3)27)21(33)35-14(9-26)17(18)30/h10,12-14,16-18,21,23,26,30,33H,5-9H2,1-4H3,(H2,22,31)(H,24,27)(H,28,29)/t10?,12?,13-,14-,16-,17-,18-,21+/m1/s1. The lowest BCUT2D eigenvalue weighted by Gasteiger charge is -2.44. The molecule has 1 fully saturated rings. The average molecular weight is 507 g/mol. The molecule has 0 spiro atoms. The first kappa shape index (κ1) is 30.7. The van der Waals surface area contributed by atoms with Crippen LogP contribution in [0.15, 0.2) is 0 Å². The zero-order valence-corrected chi connectivity index (χ0v) is 20.4. The SMILES string of the molecule is CCC(NC)C(=O)N(CC(C)O[C@H]1[C@H](O)[C@@H](CO)O[C@H](O)[C@@H]1NC(C)=O)[C@H](CCC(=O)O)C(N)=O. The van der Waals surface area contributed by atoms with Crippen molar-refractivity contribution < 1.29 is 49.1 Å². The number of aliphatic hydroxyl groups excluding tert-OH is 3. The van der Waals surface area contributed by atoms with Crippen LogP contribution in [0.1, 0.15) is 40.0 Å². The molecule has 14 heteroatoms. The van der Waals surface area contributed by atoms with Crippen molar-refractivity contribution in [3.05, 3.63) is 0 Å². The van der Waals surface area contributed by atoms with Gasteiger partial charge in [-0.15, -0.1) is 0 Å². The molecule has 1 aliphatic heterocycles. The number of primary amides is 1. The highest BCUT2D eigenvalue weighted by atomic mass is 16.6. The fraction of sp³-hybridized carbons (Fsp3) is 0.810. The van der Waals surface area contributed by atoms with Crippen LogP contribution < -0.4 is 16.4 Å². The number of hydrogen-bond donors (Lipinski definition) is 7. The number of hydrogen-bond acceptors (Lipinski definition) is 10. The summed E-state index contributed by atoms with van der Waals surface area (Å²) in [6, 6.07) is -3.12. The molecule has 35 heavy (non-hydrogen) atoms. The van der Waals surface area contributed by atoms with E-state index in [9.17, 15) is 34.5 Å². The second-order valence-corrected chi connectivity index (χ2v) is 8.47. The van der Waals surface area contributed by atoms with Gasteiger partial charge < -0.3 is 51.2 Å². The molecule has 0 aromatic carbocycles. The molecule has 0 aromatic heterocycles. The monoisotopic (exact) mass is 506 g/mol. The minimum absolute atomic E-state index is 0.219. The summed E-state index contributed by atoms with van der Waals surface area (Å²) in [4.78, 5) is 49.2. The predicted molar refractivity (Wildman–Crippen MR) is 121 cm³/mol. The maximum Gasteiger partial charge on any atom is 0.303 e. The van der Waals surface area contributed by atoms with Crippen molar-refractivity contribution >= 4 is 23.7 Å². The van der Waals surface area contributed by atoms with Crippen LogP contribution in [0.2, 0.25) is 0 Å². The highest BCUT2D eigenvalue weighted by molar-refractivity contribution is 5.89. The van der Waals surface area contributed by atoms with Gasteiger partial charge in [0.25, 0.3) is 0 Å². The van der Waals surface area contributed by atoms with Crippen LogP contribution in [0, 0.1) is 0 Å². The van der Waals surface area contributed by atoms with Crippen molar-refractivity contribution in [3.8, 4) is 0 Å². The average Bonchev–Trinajstić information content (AvgIpc) is 2.77. The van der Waals surface area contributed by atoms with Gasteiger partial charge in [-0.3, -0.25) is 19.2 Å². The molecule has 8 atom stereocenters. The Morgan fingerprint density at radius 3 is 2.31 bits per heavy atom. The number of nitrogens with zero attached hydrogens (tertiary/aromatic N) is 1. The predicted octanol–water partition coefficient (Wildman–Crippen LogP) is -3.12. The minimum atomic E-state index is -1.60. The topological polar surface area (TPSA) is 221 Å². The molecule has 8 N–H and O–H groups in total. The Bertz CT molecular complexity index is 735. The second-order valence-electron chi connectivity index (χ2n) is 8.47. The van der Waals surface area contributed by atoms with Crippen molar-refractivity contribution in [2.75, 3.05) is 20.2 Å². The van der Waals surface area contributed by atoms with Crippen LogP contribution in [-0.2, 0) is 28.7 Å². The largest absolute Gasteiger partial charge is 0.481 e. The number of likely N-dealkylation sites (N-methyl/N-ethyl adjacent to an activating group) is 1. The lowest BCUT2D eigenvalue weighted by molar-refractivity contribution is -0.268. The lowest BCUT2D eigenvalue weighted by atomic mass is 9.96. The van der Waals surface area contributed by atoms with Gasteiger partial charge in [-0.25, -0.2) is 0 Å². The van der Waals surface area contributed by atoms with Crippen LogP contribution in [0.4, 0.5) is 0 Å². The Morgan fingerprint density at radius 2 is 1.86 bits per heavy atom. The molecule has 1 rings (SSSR count). The number of rotatable bonds is 14. The highest BCUT2D eigenvalue weighted by Crippen LogP contribution is 2.24. The number of nitrogens with two attached hydrogens (primary N) is 1. The molecular formula is C21H38N4O10. The molecule has 202 valence electrons. The van der Waals surface area contributed by atoms with Gasteiger partial charge in [-0.05, 0) is 26.8 Å². The van der Waals surface area contributed by atoms with Gasteiger partial charge in [0.05, 0.1) is 18.8 Å². The fourth-order valence-corrected chi connectivity index (χ4v) is 4.01. The van der Waals surface area contributed by atoms with E-state index >= 15 is 0 Å². The van der Waals surface area contributed by atoms with E-state index in [2.05, 4.69) is 10.6 Å². The van der Waals surface area contributed by atoms with Gasteiger partial charge >= 0.3 is 5.97 Å². The van der Waals surface area contributed by atoms with Crippen molar-refractivity contribution in [3.63, 3.8) is 0 Å². The smallest absolute Gasteiger partial charge is 0.303 e. The van der Waals surface area contributed by atoms with Gasteiger partial charge in [-0.1, -0.05) is 6.92 Å². The number of nitrogens with one attached hydrogen (secondary N) is 2. The van der Waals surface area contributed by atoms with E-state index in [1.807, 2.05) is 0 Å². The molecule has 0 aliphatic carbocycles. The Kier molecular flexibility index (Phi) is 12.5. The van der Waals surface area contributed by atoms with Gasteiger partial charge in [-0.2, -0.15) is 0 Å². The summed E-state index contributed by atoms with van der Waals surface area (Å²) in [7, 11) is 1.56. The molecule has 1 heterocycles. The Hall–Kier alpha value is -2.36. The van der Waals surface area contributed by atoms with E-state index in [0.29, 0.717) is 6.42 Å². The number of carbonyl (C=O) groups excluding carboxylic acids is 3. The summed E-state index contributed by atoms with van der Waals surface area (Å²) >= 11 is 0. The quantitative estimate of drug-likeness (QED) is 0.125. The first-order valence-corrected chi connectivity index (χ1v) is 11.4. The molecule has 3 amide bonds. The maximum absolute atomic E-state index is 13.2. The van der Waals surface area contributed by atoms with Crippen molar-refractivity contribution in [1.29, 1.82) is 0 Å². The molecule has 0 aromatic rings. The first-order chi connectivity index (χ1) is 16.4. The van der Waals surface area contributed by atoms with E-state index in [1.165, 1.54) is 13.8 Å². The normalized spacial score (nSPS) is 26.9. The van der Waals surface area contributed by atoms with Crippen LogP contribution in [0.25, 0.3) is 0 Å². The molecule has 0 radical (unpaired) electrons. The summed E-state index contributed by atoms with van der Waals surface area (Å²) < 4.78 is 11.1. The summed E-state index contributed by atoms with van der Waals surface area (Å²) in [5, 5.41) is 44.7. The van der Waals surface area contributed by atoms with Gasteiger partial charge in [0.1, 0.15) is 30.4 Å². The number of carbonyl (C=O) groups is 4. The summed E-state index contributed by atoms with van der Waals surface area (Å²) in [5.41, 5.74) is 5.51. The van der Waals surface area contributed by atoms with Gasteiger partial charge in [0.2, 0.25) is 17.7 Å². The highest BCUT2D eigenvalue weighted by Gasteiger charge is 2.46. The number of aliphatic hydroxyl groups is 3. The Labute approximate surface area is 203 Å². The third-order valence-electron chi connectivity index (χ3n) is 5.76. The van der Waals surface area contributed by atoms with E-state index in [-0.39, 0.29) is 13.0 Å². The van der Waals surface area contributed by atoms with Crippen LogP contribution in [0.3, 0.4) is 0 Å². The molecule has 14 nitrogen and oxygen atoms in total. The lowest BCUT2D eigenvalue weighted by Crippen LogP contribution is -2.65. The summed E-state index contributed by atoms with van der Waals surface area (Å²) in [5.74, 6) is -3.09. The molecule has 1 saturated heterocycles. The van der Waals surface area contributed by atoms with Crippen LogP contribution >= 0.6 is 0 Å². The van der Waals surface area contributed by atoms with Crippen LogP contribution in [-0.4, -0.2) is 118 Å². The number of ether oxygens (including phenoxy) is 2. The number of amides is 3. The van der Waals surface area contributed by atoms with Gasteiger partial charge in [0, 0.05) is 19.9 Å². The van der Waals surface area contributed by atoms with E-state index in [0.717, 1.165) is 4.90 Å². The van der Waals surface area contributed by atoms with E-state index < -0.39 is 85.5 Å². The number of carboxylic acid groups (broad SMARTS) is 1. The summed E-state index contributed by atoms with van der Waals surface area (Å²) in [6.45, 7) is 3.62. The Balaban J connectivity index is 3.22. The third kappa shape index (κ3) is 8.66. The molecular weight excluding hydrogens is 468 g/mol. The third-order valence-corrected chi connectivity index (χ3v) is 5.76. The van der Waals surface area contributed by atoms with Gasteiger partial charge in [0.15, 0.2) is 6.29 Å². The number of carboxylic acids is 1. The van der Waals surface area contributed by atoms with Crippen LogP contribution in [0.5, 0.6) is 0 Å². The second kappa shape index (κ2) is 14.3. The molecule has 1 aliphatic rings. The maximum atomic E-state index is 13.2. The minimum Gasteiger partial charge on any atom is -0.481 e.